The van der Waals surface area contributed by atoms with Crippen LogP contribution >= 0.6 is 22.6 Å². The van der Waals surface area contributed by atoms with Crippen molar-refractivity contribution in [3.05, 3.63) is 0 Å². The molecule has 0 aromatic carbocycles. The highest BCUT2D eigenvalue weighted by molar-refractivity contribution is 14.1. The fourth-order valence-corrected chi connectivity index (χ4v) is 1.94. The molecule has 6 nitrogen and oxygen atoms in total. The molecule has 0 bridgehead atoms. The van der Waals surface area contributed by atoms with Crippen LogP contribution in [0.3, 0.4) is 0 Å². The summed E-state index contributed by atoms with van der Waals surface area (Å²) in [6.07, 6.45) is 0.112. The molecule has 0 rings (SSSR count). The van der Waals surface area contributed by atoms with Crippen molar-refractivity contribution in [2.75, 3.05) is 17.5 Å². The van der Waals surface area contributed by atoms with Crippen LogP contribution in [0.5, 0.6) is 0 Å². The Bertz CT molecular complexity index is 348. The van der Waals surface area contributed by atoms with Crippen LogP contribution in [-0.2, 0) is 14.4 Å². The van der Waals surface area contributed by atoms with E-state index in [1.807, 2.05) is 36.4 Å². The van der Waals surface area contributed by atoms with Crippen molar-refractivity contribution >= 4 is 40.2 Å². The molecular weight excluding hydrogens is 373 g/mol. The second kappa shape index (κ2) is 10.1. The second-order valence-electron chi connectivity index (χ2n) is 5.07. The lowest BCUT2D eigenvalue weighted by molar-refractivity contribution is -0.131. The maximum Gasteiger partial charge on any atom is 0.230 e. The van der Waals surface area contributed by atoms with E-state index in [-0.39, 0.29) is 29.9 Å². The van der Waals surface area contributed by atoms with Gasteiger partial charge in [0.05, 0.1) is 10.5 Å². The molecule has 7 heteroatoms. The number of ketones is 1. The summed E-state index contributed by atoms with van der Waals surface area (Å²) < 4.78 is 0.306. The van der Waals surface area contributed by atoms with Gasteiger partial charge in [0.25, 0.3) is 0 Å². The molecule has 4 N–H and O–H groups in total. The third-order valence-electron chi connectivity index (χ3n) is 2.85. The van der Waals surface area contributed by atoms with Crippen molar-refractivity contribution in [1.82, 2.24) is 10.6 Å². The number of halogens is 1. The summed E-state index contributed by atoms with van der Waals surface area (Å²) in [4.78, 5) is 35.3. The van der Waals surface area contributed by atoms with Crippen LogP contribution in [0.25, 0.3) is 0 Å². The van der Waals surface area contributed by atoms with Gasteiger partial charge < -0.3 is 16.4 Å². The Morgan fingerprint density at radius 3 is 2.25 bits per heavy atom. The minimum Gasteiger partial charge on any atom is -0.355 e. The minimum atomic E-state index is -0.540. The van der Waals surface area contributed by atoms with Crippen LogP contribution in [0.4, 0.5) is 0 Å². The number of carbonyl (C=O) groups is 3. The van der Waals surface area contributed by atoms with Crippen LogP contribution in [0.2, 0.25) is 0 Å². The number of carbonyl (C=O) groups excluding carboxylic acids is 3. The minimum absolute atomic E-state index is 0.00583. The van der Waals surface area contributed by atoms with Gasteiger partial charge in [-0.05, 0) is 5.92 Å². The normalized spacial score (nSPS) is 13.7. The fraction of sp³-hybridized carbons (Fsp3) is 0.769. The molecule has 0 heterocycles. The summed E-state index contributed by atoms with van der Waals surface area (Å²) in [6, 6.07) is -0.540. The van der Waals surface area contributed by atoms with Crippen LogP contribution in [0.1, 0.15) is 27.2 Å². The van der Waals surface area contributed by atoms with Crippen molar-refractivity contribution in [3.63, 3.8) is 0 Å². The average Bonchev–Trinajstić information content (AvgIpc) is 2.40. The van der Waals surface area contributed by atoms with Gasteiger partial charge in [-0.3, -0.25) is 14.4 Å². The standard InChI is InChI=1S/C13H24IN3O3/c1-8(2)12(17-11(19)7-14)10(18)6-9(3)13(20)16-5-4-15/h8-9,12H,4-7,15H2,1-3H3,(H,16,20)(H,17,19)/t9-,12+/m1/s1. The van der Waals surface area contributed by atoms with Crippen LogP contribution < -0.4 is 16.4 Å². The predicted octanol–water partition coefficient (Wildman–Crippen LogP) is 0.232. The first-order valence-corrected chi connectivity index (χ1v) is 8.21. The van der Waals surface area contributed by atoms with Gasteiger partial charge in [-0.15, -0.1) is 0 Å². The van der Waals surface area contributed by atoms with E-state index in [1.54, 1.807) is 6.92 Å². The number of nitrogens with one attached hydrogen (secondary N) is 2. The van der Waals surface area contributed by atoms with Gasteiger partial charge in [-0.2, -0.15) is 0 Å². The van der Waals surface area contributed by atoms with Gasteiger partial charge in [0.15, 0.2) is 5.78 Å². The van der Waals surface area contributed by atoms with E-state index in [0.717, 1.165) is 0 Å². The number of nitrogens with two attached hydrogens (primary N) is 1. The van der Waals surface area contributed by atoms with Crippen molar-refractivity contribution in [2.45, 2.75) is 33.2 Å². The monoisotopic (exact) mass is 397 g/mol. The van der Waals surface area contributed by atoms with E-state index >= 15 is 0 Å². The summed E-state index contributed by atoms with van der Waals surface area (Å²) in [7, 11) is 0. The van der Waals surface area contributed by atoms with Crippen molar-refractivity contribution in [1.29, 1.82) is 0 Å². The molecule has 116 valence electrons. The first-order valence-electron chi connectivity index (χ1n) is 6.69. The molecule has 0 aliphatic heterocycles. The molecule has 0 aliphatic rings. The molecule has 0 saturated carbocycles. The lowest BCUT2D eigenvalue weighted by Crippen LogP contribution is -2.46. The van der Waals surface area contributed by atoms with Crippen molar-refractivity contribution in [3.8, 4) is 0 Å². The number of amides is 2. The van der Waals surface area contributed by atoms with Gasteiger partial charge in [0, 0.05) is 25.4 Å². The molecule has 0 fully saturated rings. The van der Waals surface area contributed by atoms with Crippen LogP contribution in [0.15, 0.2) is 0 Å². The van der Waals surface area contributed by atoms with E-state index in [4.69, 9.17) is 5.73 Å². The van der Waals surface area contributed by atoms with E-state index in [0.29, 0.717) is 17.5 Å². The summed E-state index contributed by atoms with van der Waals surface area (Å²) in [5.41, 5.74) is 5.31. The van der Waals surface area contributed by atoms with Gasteiger partial charge in [0.1, 0.15) is 0 Å². The number of hydrogen-bond donors (Lipinski definition) is 3. The Morgan fingerprint density at radius 1 is 1.20 bits per heavy atom. The Kier molecular flexibility index (Phi) is 9.74. The smallest absolute Gasteiger partial charge is 0.230 e. The molecular formula is C13H24IN3O3. The molecule has 0 unspecified atom stereocenters. The lowest BCUT2D eigenvalue weighted by atomic mass is 9.93. The Labute approximate surface area is 133 Å². The SMILES string of the molecule is CC(C)[C@H](NC(=O)CI)C(=O)C[C@@H](C)C(=O)NCCN. The quantitative estimate of drug-likeness (QED) is 0.383. The first-order chi connectivity index (χ1) is 9.33. The molecule has 0 aromatic rings. The second-order valence-corrected chi connectivity index (χ2v) is 5.84. The highest BCUT2D eigenvalue weighted by Gasteiger charge is 2.26. The summed E-state index contributed by atoms with van der Waals surface area (Å²) >= 11 is 1.95. The van der Waals surface area contributed by atoms with Gasteiger partial charge >= 0.3 is 0 Å². The molecule has 0 spiro atoms. The van der Waals surface area contributed by atoms with E-state index < -0.39 is 12.0 Å². The Hall–Kier alpha value is -0.700. The molecule has 0 aliphatic carbocycles. The maximum atomic E-state index is 12.2. The molecule has 0 aromatic heterocycles. The van der Waals surface area contributed by atoms with Crippen LogP contribution in [-0.4, -0.2) is 41.2 Å². The molecule has 2 amide bonds. The number of Topliss-reactive ketones (excluding diaryl/α,β-unsaturated/α-hetero) is 1. The third-order valence-corrected chi connectivity index (χ3v) is 3.54. The molecule has 20 heavy (non-hydrogen) atoms. The lowest BCUT2D eigenvalue weighted by Gasteiger charge is -2.22. The van der Waals surface area contributed by atoms with Gasteiger partial charge in [0.2, 0.25) is 11.8 Å². The van der Waals surface area contributed by atoms with Crippen LogP contribution in [0, 0.1) is 11.8 Å². The van der Waals surface area contributed by atoms with E-state index in [2.05, 4.69) is 10.6 Å². The Balaban J connectivity index is 4.52. The molecule has 2 atom stereocenters. The number of alkyl halides is 1. The number of rotatable bonds is 9. The zero-order valence-corrected chi connectivity index (χ0v) is 14.4. The zero-order valence-electron chi connectivity index (χ0n) is 12.2. The number of hydrogen-bond acceptors (Lipinski definition) is 4. The van der Waals surface area contributed by atoms with Crippen molar-refractivity contribution in [2.24, 2.45) is 17.6 Å². The highest BCUT2D eigenvalue weighted by Crippen LogP contribution is 2.11. The summed E-state index contributed by atoms with van der Waals surface area (Å²) in [5.74, 6) is -0.904. The Morgan fingerprint density at radius 2 is 1.80 bits per heavy atom. The van der Waals surface area contributed by atoms with E-state index in [9.17, 15) is 14.4 Å². The highest BCUT2D eigenvalue weighted by atomic mass is 127. The van der Waals surface area contributed by atoms with Gasteiger partial charge in [-0.25, -0.2) is 0 Å². The largest absolute Gasteiger partial charge is 0.355 e. The maximum absolute atomic E-state index is 12.2. The van der Waals surface area contributed by atoms with E-state index in [1.165, 1.54) is 0 Å². The first kappa shape index (κ1) is 19.3. The molecule has 0 radical (unpaired) electrons. The topological polar surface area (TPSA) is 101 Å². The summed E-state index contributed by atoms with van der Waals surface area (Å²) in [6.45, 7) is 6.20. The third kappa shape index (κ3) is 7.18. The average molecular weight is 397 g/mol. The van der Waals surface area contributed by atoms with Gasteiger partial charge in [-0.1, -0.05) is 43.4 Å². The fourth-order valence-electron chi connectivity index (χ4n) is 1.72. The van der Waals surface area contributed by atoms with Crippen molar-refractivity contribution < 1.29 is 14.4 Å². The molecule has 0 saturated heterocycles. The zero-order chi connectivity index (χ0) is 15.7. The predicted molar refractivity (Wildman–Crippen MR) is 86.5 cm³/mol. The summed E-state index contributed by atoms with van der Waals surface area (Å²) in [5, 5.41) is 5.36.